The van der Waals surface area contributed by atoms with Crippen LogP contribution in [0.2, 0.25) is 0 Å². The number of rotatable bonds is 9. The number of likely N-dealkylation sites (tertiary alicyclic amines) is 2. The maximum atomic E-state index is 12.0. The van der Waals surface area contributed by atoms with Gasteiger partial charge in [-0.2, -0.15) is 0 Å². The minimum Gasteiger partial charge on any atom is -0.507 e. The number of unbranched alkanes of at least 4 members (excludes halogenated alkanes) is 1. The zero-order chi connectivity index (χ0) is 39.1. The quantitative estimate of drug-likeness (QED) is 0.219. The molecule has 0 radical (unpaired) electrons. The molecule has 2 fully saturated rings. The third-order valence-electron chi connectivity index (χ3n) is 12.6. The van der Waals surface area contributed by atoms with E-state index in [0.29, 0.717) is 35.3 Å². The van der Waals surface area contributed by atoms with E-state index in [0.717, 1.165) is 19.3 Å². The average Bonchev–Trinajstić information content (AvgIpc) is 2.95. The second-order valence-electron chi connectivity index (χ2n) is 19.8. The van der Waals surface area contributed by atoms with Gasteiger partial charge in [-0.05, 0) is 136 Å². The van der Waals surface area contributed by atoms with E-state index < -0.39 is 17.4 Å². The number of aliphatic carboxylic acids is 2. The molecule has 2 aliphatic heterocycles. The lowest BCUT2D eigenvalue weighted by atomic mass is 9.73. The Kier molecular flexibility index (Phi) is 13.3. The number of phenols is 1. The van der Waals surface area contributed by atoms with Crippen molar-refractivity contribution in [2.24, 2.45) is 5.41 Å². The van der Waals surface area contributed by atoms with Crippen LogP contribution in [0.15, 0.2) is 12.1 Å². The summed E-state index contributed by atoms with van der Waals surface area (Å²) < 4.78 is 6.81. The molecule has 288 valence electrons. The van der Waals surface area contributed by atoms with Crippen molar-refractivity contribution in [1.82, 2.24) is 9.80 Å². The summed E-state index contributed by atoms with van der Waals surface area (Å²) in [7, 11) is 4.52. The number of benzene rings is 1. The first-order valence-corrected chi connectivity index (χ1v) is 18.9. The largest absolute Gasteiger partial charge is 0.507 e. The van der Waals surface area contributed by atoms with E-state index in [9.17, 15) is 24.9 Å². The number of carboxylic acid groups (broad SMARTS) is 2. The van der Waals surface area contributed by atoms with Crippen LogP contribution in [0, 0.1) is 5.41 Å². The Morgan fingerprint density at radius 2 is 1.12 bits per heavy atom. The molecule has 0 amide bonds. The third-order valence-corrected chi connectivity index (χ3v) is 12.6. The number of piperidine rings is 2. The van der Waals surface area contributed by atoms with Gasteiger partial charge in [0.05, 0.1) is 12.2 Å². The second-order valence-corrected chi connectivity index (χ2v) is 19.8. The van der Waals surface area contributed by atoms with Gasteiger partial charge in [0.2, 0.25) is 0 Å². The molecular weight excluding hydrogens is 628 g/mol. The van der Waals surface area contributed by atoms with Gasteiger partial charge < -0.3 is 20.1 Å². The summed E-state index contributed by atoms with van der Waals surface area (Å²) in [5.41, 5.74) is 0.0918. The monoisotopic (exact) mass is 703 g/mol. The molecule has 0 saturated carbocycles. The van der Waals surface area contributed by atoms with Crippen LogP contribution in [0.25, 0.3) is 0 Å². The number of nitrogens with zero attached hydrogens (tertiary/aromatic N) is 2. The molecule has 2 atom stereocenters. The minimum absolute atomic E-state index is 0.0728. The molecule has 0 aliphatic carbocycles. The van der Waals surface area contributed by atoms with E-state index in [-0.39, 0.29) is 51.6 Å². The first kappa shape index (κ1) is 44.0. The molecule has 2 unspecified atom stereocenters. The Morgan fingerprint density at radius 3 is 1.42 bits per heavy atom. The lowest BCUT2D eigenvalue weighted by molar-refractivity contribution is -0.191. The Balaban J connectivity index is 0.000000351. The van der Waals surface area contributed by atoms with E-state index in [1.165, 1.54) is 12.8 Å². The predicted octanol–water partition coefficient (Wildman–Crippen LogP) is 9.18. The molecule has 2 heterocycles. The van der Waals surface area contributed by atoms with Crippen LogP contribution >= 0.6 is 0 Å². The van der Waals surface area contributed by atoms with Crippen LogP contribution in [-0.2, 0) is 31.6 Å². The molecule has 8 nitrogen and oxygen atoms in total. The molecule has 8 heteroatoms. The lowest BCUT2D eigenvalue weighted by Gasteiger charge is -2.59. The second kappa shape index (κ2) is 15.1. The fourth-order valence-corrected chi connectivity index (χ4v) is 7.98. The van der Waals surface area contributed by atoms with Crippen LogP contribution in [0.1, 0.15) is 165 Å². The number of carbonyl (C=O) groups is 2. The number of phenolic OH excluding ortho intramolecular Hbond substituents is 1. The lowest BCUT2D eigenvalue weighted by Crippen LogP contribution is -2.67. The Bertz CT molecular complexity index is 1260. The molecular formula is C42H74N2O6. The SMILES string of the molecule is CCCCC(Cc1cc(C(C)(C)C)c(O)c(C(C)(C)C)c1)(C(=O)O)C(=O)O.CN1C(C)(C)CCC(OC2CCC(C)(C)N(C)C2(C)C)C1(C)C. The number of aromatic hydroxyl groups is 1. The van der Waals surface area contributed by atoms with Crippen molar-refractivity contribution < 1.29 is 29.6 Å². The first-order valence-electron chi connectivity index (χ1n) is 18.9. The average molecular weight is 703 g/mol. The Hall–Kier alpha value is -2.16. The van der Waals surface area contributed by atoms with Crippen molar-refractivity contribution in [1.29, 1.82) is 0 Å². The Labute approximate surface area is 305 Å². The summed E-state index contributed by atoms with van der Waals surface area (Å²) in [5, 5.41) is 30.3. The number of hydrogen-bond donors (Lipinski definition) is 3. The highest BCUT2D eigenvalue weighted by molar-refractivity contribution is 5.98. The maximum Gasteiger partial charge on any atom is 0.321 e. The van der Waals surface area contributed by atoms with E-state index in [1.807, 2.05) is 48.5 Å². The summed E-state index contributed by atoms with van der Waals surface area (Å²) in [6.45, 7) is 32.5. The number of ether oxygens (including phenoxy) is 1. The number of hydrogen-bond acceptors (Lipinski definition) is 6. The van der Waals surface area contributed by atoms with E-state index >= 15 is 0 Å². The highest BCUT2D eigenvalue weighted by Gasteiger charge is 2.51. The first-order chi connectivity index (χ1) is 22.4. The minimum atomic E-state index is -1.86. The molecule has 2 saturated heterocycles. The van der Waals surface area contributed by atoms with Gasteiger partial charge >= 0.3 is 11.9 Å². The third kappa shape index (κ3) is 9.25. The topological polar surface area (TPSA) is 111 Å². The molecule has 0 spiro atoms. The van der Waals surface area contributed by atoms with E-state index in [2.05, 4.69) is 79.3 Å². The normalized spacial score (nSPS) is 23.9. The van der Waals surface area contributed by atoms with E-state index in [4.69, 9.17) is 4.74 Å². The zero-order valence-electron chi connectivity index (χ0n) is 34.9. The van der Waals surface area contributed by atoms with Crippen LogP contribution in [0.3, 0.4) is 0 Å². The zero-order valence-corrected chi connectivity index (χ0v) is 34.9. The van der Waals surface area contributed by atoms with Gasteiger partial charge in [-0.15, -0.1) is 0 Å². The molecule has 0 aromatic heterocycles. The van der Waals surface area contributed by atoms with Crippen molar-refractivity contribution in [2.75, 3.05) is 14.1 Å². The number of carboxylic acids is 2. The van der Waals surface area contributed by atoms with Gasteiger partial charge in [-0.3, -0.25) is 19.4 Å². The van der Waals surface area contributed by atoms with Gasteiger partial charge in [0, 0.05) is 22.2 Å². The fraction of sp³-hybridized carbons (Fsp3) is 0.810. The molecule has 3 N–H and O–H groups in total. The summed E-state index contributed by atoms with van der Waals surface area (Å²) in [6.07, 6.45) is 6.53. The molecule has 1 aromatic rings. The van der Waals surface area contributed by atoms with Crippen LogP contribution < -0.4 is 0 Å². The standard InChI is InChI=1S/C22H34O5.C20H40N2O/c1-8-9-10-22(18(24)25,19(26)27)13-14-11-15(20(2,3)4)17(23)16(12-14)21(5,6)7;1-17(2)13-11-15(19(5,6)21(17)9)23-16-12-14-18(3,4)22(10)20(16,7)8/h11-12,23H,8-10,13H2,1-7H3,(H,24,25)(H,26,27);15-16H,11-14H2,1-10H3. The maximum absolute atomic E-state index is 12.0. The van der Waals surface area contributed by atoms with E-state index in [1.54, 1.807) is 12.1 Å². The van der Waals surface area contributed by atoms with Gasteiger partial charge in [0.1, 0.15) is 5.75 Å². The van der Waals surface area contributed by atoms with Crippen LogP contribution in [-0.4, -0.2) is 85.5 Å². The highest BCUT2D eigenvalue weighted by Crippen LogP contribution is 2.44. The summed E-state index contributed by atoms with van der Waals surface area (Å²) in [5.74, 6) is -2.43. The van der Waals surface area contributed by atoms with Gasteiger partial charge in [0.15, 0.2) is 5.41 Å². The highest BCUT2D eigenvalue weighted by atomic mass is 16.5. The van der Waals surface area contributed by atoms with Gasteiger partial charge in [0.25, 0.3) is 0 Å². The van der Waals surface area contributed by atoms with Crippen LogP contribution in [0.4, 0.5) is 0 Å². The van der Waals surface area contributed by atoms with Crippen LogP contribution in [0.5, 0.6) is 5.75 Å². The molecule has 1 aromatic carbocycles. The fourth-order valence-electron chi connectivity index (χ4n) is 7.98. The smallest absolute Gasteiger partial charge is 0.321 e. The number of likely N-dealkylation sites (N-methyl/N-ethyl adjacent to an activating group) is 2. The van der Waals surface area contributed by atoms with Crippen molar-refractivity contribution in [3.63, 3.8) is 0 Å². The summed E-state index contributed by atoms with van der Waals surface area (Å²) in [4.78, 5) is 29.0. The van der Waals surface area contributed by atoms with Crippen molar-refractivity contribution in [3.8, 4) is 5.75 Å². The van der Waals surface area contributed by atoms with Crippen molar-refractivity contribution in [3.05, 3.63) is 28.8 Å². The van der Waals surface area contributed by atoms with Crippen molar-refractivity contribution in [2.45, 2.75) is 200 Å². The summed E-state index contributed by atoms with van der Waals surface area (Å²) in [6, 6.07) is 3.52. The summed E-state index contributed by atoms with van der Waals surface area (Å²) >= 11 is 0. The molecule has 2 aliphatic rings. The molecule has 50 heavy (non-hydrogen) atoms. The predicted molar refractivity (Wildman–Crippen MR) is 205 cm³/mol. The van der Waals surface area contributed by atoms with Gasteiger partial charge in [-0.1, -0.05) is 73.4 Å². The van der Waals surface area contributed by atoms with Gasteiger partial charge in [-0.25, -0.2) is 0 Å². The Morgan fingerprint density at radius 1 is 0.760 bits per heavy atom. The molecule has 0 bridgehead atoms. The van der Waals surface area contributed by atoms with Crippen molar-refractivity contribution >= 4 is 11.9 Å². The molecule has 3 rings (SSSR count).